The number of hydrogen-bond donors (Lipinski definition) is 0. The van der Waals surface area contributed by atoms with Gasteiger partial charge in [0, 0.05) is 0 Å². The van der Waals surface area contributed by atoms with Crippen molar-refractivity contribution in [3.8, 4) is 0 Å². The molecule has 2 heterocycles. The molecule has 2 rings (SSSR count). The predicted octanol–water partition coefficient (Wildman–Crippen LogP) is 2.66. The zero-order valence-electron chi connectivity index (χ0n) is 10.8. The van der Waals surface area contributed by atoms with Crippen molar-refractivity contribution in [2.75, 3.05) is 0 Å². The minimum atomic E-state index is -0.347. The number of nitrogens with zero attached hydrogens (tertiary/aromatic N) is 1. The molecule has 1 aliphatic heterocycles. The Morgan fingerprint density at radius 1 is 1.24 bits per heavy atom. The third kappa shape index (κ3) is 2.26. The van der Waals surface area contributed by atoms with Gasteiger partial charge in [0.15, 0.2) is 4.47 Å². The fourth-order valence-electron chi connectivity index (χ4n) is 1.72. The number of hydrogen-bond acceptors (Lipinski definition) is 4. The Kier molecular flexibility index (Phi) is 3.32. The first-order valence-corrected chi connectivity index (χ1v) is 6.97. The first kappa shape index (κ1) is 13.3. The van der Waals surface area contributed by atoms with E-state index in [2.05, 4.69) is 11.9 Å². The van der Waals surface area contributed by atoms with Gasteiger partial charge in [-0.3, -0.25) is 0 Å². The summed E-state index contributed by atoms with van der Waals surface area (Å²) in [6, 6.07) is 0. The van der Waals surface area contributed by atoms with Crippen LogP contribution in [-0.4, -0.2) is 23.3 Å². The van der Waals surface area contributed by atoms with E-state index < -0.39 is 0 Å². The van der Waals surface area contributed by atoms with Crippen LogP contribution in [0.15, 0.2) is 0 Å². The summed E-state index contributed by atoms with van der Waals surface area (Å²) in [6.45, 7) is 10.2. The van der Waals surface area contributed by atoms with E-state index in [0.717, 1.165) is 16.9 Å². The normalized spacial score (nSPS) is 22.1. The van der Waals surface area contributed by atoms with Crippen molar-refractivity contribution in [3.63, 3.8) is 0 Å². The number of halogens is 1. The van der Waals surface area contributed by atoms with Crippen molar-refractivity contribution in [1.82, 2.24) is 4.98 Å². The molecule has 94 valence electrons. The molecule has 0 N–H and O–H groups in total. The number of thiazole rings is 1. The second-order valence-corrected chi connectivity index (χ2v) is 6.83. The molecule has 0 aliphatic carbocycles. The van der Waals surface area contributed by atoms with Crippen LogP contribution in [0.25, 0.3) is 0 Å². The summed E-state index contributed by atoms with van der Waals surface area (Å²) in [4.78, 5) is 4.29. The SMILES string of the molecule is CCc1nc(Cl)sc1B1OC(C)(C)C(C)(C)O1. The quantitative estimate of drug-likeness (QED) is 0.776. The number of aromatic nitrogens is 1. The van der Waals surface area contributed by atoms with E-state index in [4.69, 9.17) is 20.9 Å². The van der Waals surface area contributed by atoms with Gasteiger partial charge in [0.05, 0.1) is 21.7 Å². The lowest BCUT2D eigenvalue weighted by atomic mass is 9.86. The zero-order chi connectivity index (χ0) is 12.8. The van der Waals surface area contributed by atoms with Gasteiger partial charge in [0.2, 0.25) is 0 Å². The fraction of sp³-hybridized carbons (Fsp3) is 0.727. The van der Waals surface area contributed by atoms with Crippen LogP contribution in [-0.2, 0) is 15.7 Å². The van der Waals surface area contributed by atoms with Crippen LogP contribution in [0.2, 0.25) is 4.47 Å². The van der Waals surface area contributed by atoms with Crippen LogP contribution in [0.4, 0.5) is 0 Å². The molecule has 17 heavy (non-hydrogen) atoms. The second-order valence-electron chi connectivity index (χ2n) is 5.22. The number of aryl methyl sites for hydroxylation is 1. The molecular weight excluding hydrogens is 256 g/mol. The highest BCUT2D eigenvalue weighted by Crippen LogP contribution is 2.37. The average molecular weight is 274 g/mol. The summed E-state index contributed by atoms with van der Waals surface area (Å²) in [5.41, 5.74) is 0.330. The molecule has 0 bridgehead atoms. The Bertz CT molecular complexity index is 417. The first-order valence-electron chi connectivity index (χ1n) is 5.77. The Hall–Kier alpha value is -0.0951. The Morgan fingerprint density at radius 2 is 1.76 bits per heavy atom. The van der Waals surface area contributed by atoms with Crippen LogP contribution in [0.1, 0.15) is 40.3 Å². The van der Waals surface area contributed by atoms with Gasteiger partial charge in [0.1, 0.15) is 0 Å². The Morgan fingerprint density at radius 3 is 2.24 bits per heavy atom. The highest BCUT2D eigenvalue weighted by atomic mass is 35.5. The first-order chi connectivity index (χ1) is 7.77. The van der Waals surface area contributed by atoms with Gasteiger partial charge in [0.25, 0.3) is 0 Å². The zero-order valence-corrected chi connectivity index (χ0v) is 12.4. The third-order valence-electron chi connectivity index (χ3n) is 3.50. The maximum absolute atomic E-state index is 6.00. The third-order valence-corrected chi connectivity index (χ3v) is 4.73. The molecule has 3 nitrogen and oxygen atoms in total. The van der Waals surface area contributed by atoms with Crippen molar-refractivity contribution in [2.24, 2.45) is 0 Å². The lowest BCUT2D eigenvalue weighted by Gasteiger charge is -2.32. The molecule has 1 fully saturated rings. The Labute approximate surface area is 112 Å². The Balaban J connectivity index is 2.31. The second kappa shape index (κ2) is 4.23. The van der Waals surface area contributed by atoms with Gasteiger partial charge in [-0.2, -0.15) is 0 Å². The predicted molar refractivity (Wildman–Crippen MR) is 72.2 cm³/mol. The molecule has 0 radical (unpaired) electrons. The van der Waals surface area contributed by atoms with E-state index in [9.17, 15) is 0 Å². The highest BCUT2D eigenvalue weighted by Gasteiger charge is 2.53. The minimum Gasteiger partial charge on any atom is -0.399 e. The summed E-state index contributed by atoms with van der Waals surface area (Å²) in [7, 11) is -0.347. The maximum atomic E-state index is 6.00. The molecule has 0 saturated carbocycles. The van der Waals surface area contributed by atoms with E-state index in [0.29, 0.717) is 4.47 Å². The van der Waals surface area contributed by atoms with Crippen LogP contribution in [0.3, 0.4) is 0 Å². The molecule has 0 spiro atoms. The summed E-state index contributed by atoms with van der Waals surface area (Å²) in [5.74, 6) is 0. The molecule has 0 unspecified atom stereocenters. The molecule has 1 saturated heterocycles. The van der Waals surface area contributed by atoms with Gasteiger partial charge in [-0.25, -0.2) is 4.98 Å². The van der Waals surface area contributed by atoms with Crippen molar-refractivity contribution in [3.05, 3.63) is 10.2 Å². The fourth-order valence-corrected chi connectivity index (χ4v) is 2.91. The molecule has 1 aromatic rings. The molecule has 1 aromatic heterocycles. The average Bonchev–Trinajstić information content (AvgIpc) is 2.65. The van der Waals surface area contributed by atoms with Gasteiger partial charge in [-0.15, -0.1) is 11.3 Å². The molecule has 1 aliphatic rings. The molecule has 6 heteroatoms. The van der Waals surface area contributed by atoms with Crippen LogP contribution < -0.4 is 4.78 Å². The summed E-state index contributed by atoms with van der Waals surface area (Å²) in [5, 5.41) is 0. The smallest absolute Gasteiger partial charge is 0.399 e. The lowest BCUT2D eigenvalue weighted by molar-refractivity contribution is 0.00578. The van der Waals surface area contributed by atoms with Crippen molar-refractivity contribution >= 4 is 34.8 Å². The van der Waals surface area contributed by atoms with Gasteiger partial charge >= 0.3 is 7.12 Å². The number of rotatable bonds is 2. The summed E-state index contributed by atoms with van der Waals surface area (Å²) >= 11 is 7.40. The standard InChI is InChI=1S/C11H17BClNO2S/c1-6-7-8(17-9(13)14-7)12-15-10(2,3)11(4,5)16-12/h6H2,1-5H3. The van der Waals surface area contributed by atoms with Crippen LogP contribution >= 0.6 is 22.9 Å². The minimum absolute atomic E-state index is 0.320. The molecular formula is C11H17BClNO2S. The van der Waals surface area contributed by atoms with Crippen molar-refractivity contribution in [1.29, 1.82) is 0 Å². The summed E-state index contributed by atoms with van der Waals surface area (Å²) in [6.07, 6.45) is 0.836. The maximum Gasteiger partial charge on any atom is 0.507 e. The van der Waals surface area contributed by atoms with Crippen molar-refractivity contribution in [2.45, 2.75) is 52.2 Å². The van der Waals surface area contributed by atoms with Gasteiger partial charge < -0.3 is 9.31 Å². The topological polar surface area (TPSA) is 31.4 Å². The molecule has 0 atom stereocenters. The van der Waals surface area contributed by atoms with Crippen LogP contribution in [0.5, 0.6) is 0 Å². The van der Waals surface area contributed by atoms with E-state index >= 15 is 0 Å². The van der Waals surface area contributed by atoms with Gasteiger partial charge in [-0.05, 0) is 34.1 Å². The van der Waals surface area contributed by atoms with Crippen LogP contribution in [0, 0.1) is 0 Å². The van der Waals surface area contributed by atoms with E-state index in [-0.39, 0.29) is 18.3 Å². The monoisotopic (exact) mass is 273 g/mol. The van der Waals surface area contributed by atoms with E-state index in [1.807, 2.05) is 27.7 Å². The largest absolute Gasteiger partial charge is 0.507 e. The van der Waals surface area contributed by atoms with Gasteiger partial charge in [-0.1, -0.05) is 18.5 Å². The highest BCUT2D eigenvalue weighted by molar-refractivity contribution is 7.25. The molecule has 0 aromatic carbocycles. The van der Waals surface area contributed by atoms with E-state index in [1.54, 1.807) is 0 Å². The van der Waals surface area contributed by atoms with E-state index in [1.165, 1.54) is 11.3 Å². The molecule has 0 amide bonds. The lowest BCUT2D eigenvalue weighted by Crippen LogP contribution is -2.41. The van der Waals surface area contributed by atoms with Crippen molar-refractivity contribution < 1.29 is 9.31 Å². The summed E-state index contributed by atoms with van der Waals surface area (Å²) < 4.78 is 13.5.